The zero-order valence-electron chi connectivity index (χ0n) is 15.8. The van der Waals surface area contributed by atoms with Gasteiger partial charge in [0.1, 0.15) is 0 Å². The lowest BCUT2D eigenvalue weighted by Gasteiger charge is -2.22. The Labute approximate surface area is 170 Å². The summed E-state index contributed by atoms with van der Waals surface area (Å²) in [5.41, 5.74) is 2.85. The van der Waals surface area contributed by atoms with E-state index in [1.165, 1.54) is 19.3 Å². The highest BCUT2D eigenvalue weighted by atomic mass is 35.5. The van der Waals surface area contributed by atoms with E-state index in [2.05, 4.69) is 15.6 Å². The first-order chi connectivity index (χ1) is 13.7. The van der Waals surface area contributed by atoms with E-state index in [0.29, 0.717) is 11.3 Å². The van der Waals surface area contributed by atoms with Crippen molar-refractivity contribution in [3.63, 3.8) is 0 Å². The molecule has 1 aliphatic heterocycles. The number of nitrogens with one attached hydrogen (secondary N) is 2. The van der Waals surface area contributed by atoms with Gasteiger partial charge in [-0.3, -0.25) is 0 Å². The molecular formula is C23H25ClFN3. The lowest BCUT2D eigenvalue weighted by atomic mass is 9.95. The smallest absolute Gasteiger partial charge is 0.151 e. The molecule has 3 aromatic rings. The highest BCUT2D eigenvalue weighted by Crippen LogP contribution is 2.31. The van der Waals surface area contributed by atoms with Crippen molar-refractivity contribution >= 4 is 28.2 Å². The van der Waals surface area contributed by atoms with Gasteiger partial charge in [0, 0.05) is 23.2 Å². The van der Waals surface area contributed by atoms with Crippen LogP contribution in [0.4, 0.5) is 10.1 Å². The van der Waals surface area contributed by atoms with Crippen LogP contribution in [0.3, 0.4) is 0 Å². The predicted molar refractivity (Wildman–Crippen MR) is 115 cm³/mol. The second-order valence-electron chi connectivity index (χ2n) is 7.45. The first kappa shape index (κ1) is 19.2. The molecule has 1 fully saturated rings. The Morgan fingerprint density at radius 3 is 2.93 bits per heavy atom. The zero-order valence-corrected chi connectivity index (χ0v) is 16.6. The molecule has 1 aliphatic rings. The van der Waals surface area contributed by atoms with Crippen LogP contribution in [0.15, 0.2) is 48.5 Å². The third kappa shape index (κ3) is 4.29. The lowest BCUT2D eigenvalue weighted by molar-refractivity contribution is 0.353. The maximum atomic E-state index is 14.5. The van der Waals surface area contributed by atoms with Crippen molar-refractivity contribution in [3.8, 4) is 11.3 Å². The molecule has 0 spiro atoms. The van der Waals surface area contributed by atoms with Crippen LogP contribution in [0.5, 0.6) is 0 Å². The van der Waals surface area contributed by atoms with Crippen LogP contribution >= 0.6 is 11.6 Å². The SMILES string of the molecule is Fc1c(Cl)cccc1-c1cc(NCCCC2CCCNC2)c2ccccc2n1. The van der Waals surface area contributed by atoms with E-state index in [0.717, 1.165) is 48.6 Å². The van der Waals surface area contributed by atoms with Crippen molar-refractivity contribution < 1.29 is 4.39 Å². The van der Waals surface area contributed by atoms with Crippen molar-refractivity contribution in [1.82, 2.24) is 10.3 Å². The molecule has 0 saturated carbocycles. The molecular weight excluding hydrogens is 373 g/mol. The maximum absolute atomic E-state index is 14.5. The molecule has 1 unspecified atom stereocenters. The predicted octanol–water partition coefficient (Wildman–Crippen LogP) is 5.89. The van der Waals surface area contributed by atoms with Crippen molar-refractivity contribution in [1.29, 1.82) is 0 Å². The molecule has 4 rings (SSSR count). The van der Waals surface area contributed by atoms with Gasteiger partial charge >= 0.3 is 0 Å². The summed E-state index contributed by atoms with van der Waals surface area (Å²) in [5, 5.41) is 8.20. The van der Waals surface area contributed by atoms with Crippen LogP contribution < -0.4 is 10.6 Å². The van der Waals surface area contributed by atoms with Crippen LogP contribution in [0.2, 0.25) is 5.02 Å². The van der Waals surface area contributed by atoms with E-state index in [9.17, 15) is 4.39 Å². The summed E-state index contributed by atoms with van der Waals surface area (Å²) in [6.45, 7) is 3.18. The standard InChI is InChI=1S/C23H25ClFN3/c24-19-10-3-9-18(23(19)25)22-14-21(17-8-1-2-11-20(17)28-22)27-13-5-7-16-6-4-12-26-15-16/h1-3,8-11,14,16,26H,4-7,12-13,15H2,(H,27,28). The van der Waals surface area contributed by atoms with Crippen LogP contribution in [-0.2, 0) is 0 Å². The van der Waals surface area contributed by atoms with E-state index in [1.54, 1.807) is 18.2 Å². The average Bonchev–Trinajstić information content (AvgIpc) is 2.73. The Kier molecular flexibility index (Phi) is 6.08. The minimum Gasteiger partial charge on any atom is -0.384 e. The van der Waals surface area contributed by atoms with E-state index < -0.39 is 5.82 Å². The van der Waals surface area contributed by atoms with Gasteiger partial charge in [0.25, 0.3) is 0 Å². The molecule has 5 heteroatoms. The van der Waals surface area contributed by atoms with Gasteiger partial charge < -0.3 is 10.6 Å². The summed E-state index contributed by atoms with van der Waals surface area (Å²) in [5.74, 6) is 0.351. The number of halogens is 2. The summed E-state index contributed by atoms with van der Waals surface area (Å²) in [6.07, 6.45) is 4.94. The van der Waals surface area contributed by atoms with Gasteiger partial charge in [-0.25, -0.2) is 9.37 Å². The number of pyridine rings is 1. The summed E-state index contributed by atoms with van der Waals surface area (Å²) >= 11 is 5.97. The van der Waals surface area contributed by atoms with Gasteiger partial charge in [0.2, 0.25) is 0 Å². The monoisotopic (exact) mass is 397 g/mol. The highest BCUT2D eigenvalue weighted by molar-refractivity contribution is 6.31. The third-order valence-electron chi connectivity index (χ3n) is 5.45. The topological polar surface area (TPSA) is 37.0 Å². The molecule has 0 amide bonds. The van der Waals surface area contributed by atoms with Crippen LogP contribution in [0, 0.1) is 11.7 Å². The minimum absolute atomic E-state index is 0.114. The van der Waals surface area contributed by atoms with Crippen molar-refractivity contribution in [2.75, 3.05) is 25.0 Å². The Morgan fingerprint density at radius 1 is 1.18 bits per heavy atom. The summed E-state index contributed by atoms with van der Waals surface area (Å²) in [6, 6.07) is 14.9. The quantitative estimate of drug-likeness (QED) is 0.509. The molecule has 28 heavy (non-hydrogen) atoms. The number of fused-ring (bicyclic) bond motifs is 1. The number of hydrogen-bond donors (Lipinski definition) is 2. The number of aromatic nitrogens is 1. The van der Waals surface area contributed by atoms with Gasteiger partial charge in [-0.1, -0.05) is 35.9 Å². The van der Waals surface area contributed by atoms with Crippen molar-refractivity contribution in [3.05, 3.63) is 59.4 Å². The molecule has 1 aromatic heterocycles. The molecule has 1 saturated heterocycles. The summed E-state index contributed by atoms with van der Waals surface area (Å²) < 4.78 is 14.5. The van der Waals surface area contributed by atoms with E-state index in [4.69, 9.17) is 11.6 Å². The fourth-order valence-electron chi connectivity index (χ4n) is 3.95. The minimum atomic E-state index is -0.428. The number of para-hydroxylation sites is 1. The van der Waals surface area contributed by atoms with E-state index >= 15 is 0 Å². The molecule has 2 heterocycles. The largest absolute Gasteiger partial charge is 0.384 e. The molecule has 0 radical (unpaired) electrons. The van der Waals surface area contributed by atoms with Crippen molar-refractivity contribution in [2.45, 2.75) is 25.7 Å². The molecule has 0 aliphatic carbocycles. The lowest BCUT2D eigenvalue weighted by Crippen LogP contribution is -2.29. The Balaban J connectivity index is 1.55. The summed E-state index contributed by atoms with van der Waals surface area (Å²) in [4.78, 5) is 4.66. The van der Waals surface area contributed by atoms with Gasteiger partial charge in [-0.2, -0.15) is 0 Å². The molecule has 0 bridgehead atoms. The fourth-order valence-corrected chi connectivity index (χ4v) is 4.12. The number of benzene rings is 2. The molecule has 3 nitrogen and oxygen atoms in total. The number of anilines is 1. The van der Waals surface area contributed by atoms with Crippen LogP contribution in [0.1, 0.15) is 25.7 Å². The van der Waals surface area contributed by atoms with E-state index in [-0.39, 0.29) is 5.02 Å². The zero-order chi connectivity index (χ0) is 19.3. The molecule has 1 atom stereocenters. The van der Waals surface area contributed by atoms with Gasteiger partial charge in [0.05, 0.1) is 16.2 Å². The van der Waals surface area contributed by atoms with Crippen LogP contribution in [-0.4, -0.2) is 24.6 Å². The Hall–Kier alpha value is -2.17. The maximum Gasteiger partial charge on any atom is 0.151 e. The Bertz CT molecular complexity index is 954. The second kappa shape index (κ2) is 8.89. The van der Waals surface area contributed by atoms with Gasteiger partial charge in [-0.15, -0.1) is 0 Å². The van der Waals surface area contributed by atoms with Crippen LogP contribution in [0.25, 0.3) is 22.2 Å². The second-order valence-corrected chi connectivity index (χ2v) is 7.86. The number of hydrogen-bond acceptors (Lipinski definition) is 3. The number of rotatable bonds is 6. The summed E-state index contributed by atoms with van der Waals surface area (Å²) in [7, 11) is 0. The molecule has 2 N–H and O–H groups in total. The Morgan fingerprint density at radius 2 is 2.07 bits per heavy atom. The average molecular weight is 398 g/mol. The fraction of sp³-hybridized carbons (Fsp3) is 0.348. The number of nitrogens with zero attached hydrogens (tertiary/aromatic N) is 1. The highest BCUT2D eigenvalue weighted by Gasteiger charge is 2.14. The normalized spacial score (nSPS) is 17.0. The van der Waals surface area contributed by atoms with E-state index in [1.807, 2.05) is 30.3 Å². The van der Waals surface area contributed by atoms with Gasteiger partial charge in [-0.05, 0) is 69.0 Å². The van der Waals surface area contributed by atoms with Gasteiger partial charge in [0.15, 0.2) is 5.82 Å². The first-order valence-corrected chi connectivity index (χ1v) is 10.4. The van der Waals surface area contributed by atoms with Crippen molar-refractivity contribution in [2.24, 2.45) is 5.92 Å². The molecule has 146 valence electrons. The first-order valence-electron chi connectivity index (χ1n) is 10.0. The molecule has 2 aromatic carbocycles. The number of piperidine rings is 1. The third-order valence-corrected chi connectivity index (χ3v) is 5.74.